The van der Waals surface area contributed by atoms with Crippen LogP contribution in [0.1, 0.15) is 258 Å². The molecule has 0 bridgehead atoms. The van der Waals surface area contributed by atoms with Crippen LogP contribution in [0.2, 0.25) is 0 Å². The topological polar surface area (TPSA) is 149 Å². The number of rotatable bonds is 46. The first-order chi connectivity index (χ1) is 30.8. The van der Waals surface area contributed by atoms with Crippen molar-refractivity contribution in [3.05, 3.63) is 24.3 Å². The lowest BCUT2D eigenvalue weighted by Gasteiger charge is -2.40. The third kappa shape index (κ3) is 34.6. The maximum atomic E-state index is 12.9. The highest BCUT2D eigenvalue weighted by Crippen LogP contribution is 2.23. The smallest absolute Gasteiger partial charge is 0.220 e. The van der Waals surface area contributed by atoms with E-state index >= 15 is 0 Å². The molecular formula is C54H103NO8. The Labute approximate surface area is 388 Å². The summed E-state index contributed by atoms with van der Waals surface area (Å²) in [4.78, 5) is 12.9. The van der Waals surface area contributed by atoms with Crippen LogP contribution in [0.3, 0.4) is 0 Å². The van der Waals surface area contributed by atoms with Gasteiger partial charge in [0.15, 0.2) is 6.29 Å². The fraction of sp³-hybridized carbons (Fsp3) is 0.907. The van der Waals surface area contributed by atoms with Crippen molar-refractivity contribution in [3.63, 3.8) is 0 Å². The molecule has 1 amide bonds. The highest BCUT2D eigenvalue weighted by Gasteiger charge is 2.44. The second-order valence-electron chi connectivity index (χ2n) is 19.0. The van der Waals surface area contributed by atoms with Crippen LogP contribution in [-0.2, 0) is 14.3 Å². The number of carbonyl (C=O) groups excluding carboxylic acids is 1. The average Bonchev–Trinajstić information content (AvgIpc) is 3.28. The summed E-state index contributed by atoms with van der Waals surface area (Å²) < 4.78 is 11.2. The lowest BCUT2D eigenvalue weighted by Crippen LogP contribution is -2.60. The standard InChI is InChI=1S/C54H103NO8/c1-3-5-7-9-11-12-13-14-15-16-17-18-19-20-21-22-23-24-25-26-27-28-29-30-31-32-33-34-35-36-38-40-42-44-50(58)55-47(48(57)43-41-39-37-10-8-6-4-2)46-62-54-53(61)52(60)51(59)49(45-56)63-54/h16-17,41,43,47-49,51-54,56-57,59-61H,3-15,18-40,42,44-46H2,1-2H3,(H,55,58)/b17-16-,43-41+. The fourth-order valence-electron chi connectivity index (χ4n) is 8.68. The Morgan fingerprint density at radius 2 is 0.889 bits per heavy atom. The highest BCUT2D eigenvalue weighted by molar-refractivity contribution is 5.76. The average molecular weight is 894 g/mol. The lowest BCUT2D eigenvalue weighted by atomic mass is 9.99. The molecule has 1 saturated heterocycles. The molecule has 0 saturated carbocycles. The molecule has 372 valence electrons. The summed E-state index contributed by atoms with van der Waals surface area (Å²) >= 11 is 0. The van der Waals surface area contributed by atoms with Crippen molar-refractivity contribution in [2.45, 2.75) is 301 Å². The van der Waals surface area contributed by atoms with E-state index in [0.717, 1.165) is 38.5 Å². The van der Waals surface area contributed by atoms with Crippen LogP contribution in [0, 0.1) is 0 Å². The van der Waals surface area contributed by atoms with Crippen LogP contribution in [0.25, 0.3) is 0 Å². The normalized spacial score (nSPS) is 20.3. The molecule has 0 aromatic heterocycles. The summed E-state index contributed by atoms with van der Waals surface area (Å²) in [6, 6.07) is -0.798. The van der Waals surface area contributed by atoms with Gasteiger partial charge in [0.2, 0.25) is 5.91 Å². The quantitative estimate of drug-likeness (QED) is 0.0261. The predicted molar refractivity (Wildman–Crippen MR) is 263 cm³/mol. The number of allylic oxidation sites excluding steroid dienone is 3. The summed E-state index contributed by atoms with van der Waals surface area (Å²) in [5.74, 6) is -0.177. The largest absolute Gasteiger partial charge is 0.394 e. The first-order valence-electron chi connectivity index (χ1n) is 27.1. The van der Waals surface area contributed by atoms with Gasteiger partial charge in [-0.05, 0) is 44.9 Å². The number of aliphatic hydroxyl groups excluding tert-OH is 5. The zero-order valence-electron chi connectivity index (χ0n) is 41.1. The number of amides is 1. The molecule has 9 heteroatoms. The Morgan fingerprint density at radius 1 is 0.524 bits per heavy atom. The van der Waals surface area contributed by atoms with E-state index in [1.165, 1.54) is 199 Å². The summed E-state index contributed by atoms with van der Waals surface area (Å²) in [7, 11) is 0. The monoisotopic (exact) mass is 894 g/mol. The summed E-state index contributed by atoms with van der Waals surface area (Å²) in [6.45, 7) is 3.72. The van der Waals surface area contributed by atoms with E-state index in [-0.39, 0.29) is 12.5 Å². The van der Waals surface area contributed by atoms with E-state index < -0.39 is 49.5 Å². The predicted octanol–water partition coefficient (Wildman–Crippen LogP) is 12.6. The molecule has 1 rings (SSSR count). The summed E-state index contributed by atoms with van der Waals surface area (Å²) in [5.41, 5.74) is 0. The van der Waals surface area contributed by atoms with Gasteiger partial charge in [0, 0.05) is 6.42 Å². The Bertz CT molecular complexity index is 1040. The Morgan fingerprint density at radius 3 is 1.29 bits per heavy atom. The van der Waals surface area contributed by atoms with Gasteiger partial charge in [-0.1, -0.05) is 231 Å². The Balaban J connectivity index is 2.02. The van der Waals surface area contributed by atoms with Crippen molar-refractivity contribution < 1.29 is 39.8 Å². The molecule has 1 aliphatic heterocycles. The van der Waals surface area contributed by atoms with E-state index in [1.807, 2.05) is 6.08 Å². The third-order valence-electron chi connectivity index (χ3n) is 13.0. The van der Waals surface area contributed by atoms with Gasteiger partial charge in [0.25, 0.3) is 0 Å². The van der Waals surface area contributed by atoms with Crippen LogP contribution in [-0.4, -0.2) is 87.5 Å². The zero-order valence-corrected chi connectivity index (χ0v) is 41.1. The lowest BCUT2D eigenvalue weighted by molar-refractivity contribution is -0.302. The van der Waals surface area contributed by atoms with Crippen LogP contribution >= 0.6 is 0 Å². The van der Waals surface area contributed by atoms with E-state index in [1.54, 1.807) is 6.08 Å². The molecule has 7 unspecified atom stereocenters. The summed E-state index contributed by atoms with van der Waals surface area (Å²) in [6.07, 6.45) is 48.7. The van der Waals surface area contributed by atoms with Crippen LogP contribution < -0.4 is 5.32 Å². The third-order valence-corrected chi connectivity index (χ3v) is 13.0. The van der Waals surface area contributed by atoms with Gasteiger partial charge in [-0.2, -0.15) is 0 Å². The molecule has 0 aromatic carbocycles. The molecule has 6 N–H and O–H groups in total. The minimum absolute atomic E-state index is 0.177. The Kier molecular flexibility index (Phi) is 42.2. The molecule has 0 aromatic rings. The van der Waals surface area contributed by atoms with E-state index in [2.05, 4.69) is 31.3 Å². The molecule has 1 heterocycles. The minimum Gasteiger partial charge on any atom is -0.394 e. The second-order valence-corrected chi connectivity index (χ2v) is 19.0. The zero-order chi connectivity index (χ0) is 45.9. The van der Waals surface area contributed by atoms with Crippen molar-refractivity contribution in [2.24, 2.45) is 0 Å². The number of ether oxygens (including phenoxy) is 2. The van der Waals surface area contributed by atoms with E-state index in [9.17, 15) is 30.3 Å². The first-order valence-corrected chi connectivity index (χ1v) is 27.1. The van der Waals surface area contributed by atoms with Crippen molar-refractivity contribution in [3.8, 4) is 0 Å². The number of hydrogen-bond acceptors (Lipinski definition) is 8. The SMILES string of the molecule is CCCCCCC/C=C/C(O)C(COC1OC(CO)C(O)C(O)C1O)NC(=O)CCCCCCCCCCCCCCCCCCCCCCC/C=C\CCCCCCCCCC. The fourth-order valence-corrected chi connectivity index (χ4v) is 8.68. The summed E-state index contributed by atoms with van der Waals surface area (Å²) in [5, 5.41) is 54.0. The number of carbonyl (C=O) groups is 1. The highest BCUT2D eigenvalue weighted by atomic mass is 16.7. The molecule has 0 aliphatic carbocycles. The molecule has 7 atom stereocenters. The molecule has 9 nitrogen and oxygen atoms in total. The second kappa shape index (κ2) is 44.5. The van der Waals surface area contributed by atoms with Crippen LogP contribution in [0.15, 0.2) is 24.3 Å². The maximum absolute atomic E-state index is 12.9. The van der Waals surface area contributed by atoms with Crippen LogP contribution in [0.4, 0.5) is 0 Å². The molecule has 0 radical (unpaired) electrons. The van der Waals surface area contributed by atoms with Gasteiger partial charge in [-0.15, -0.1) is 0 Å². The number of nitrogens with one attached hydrogen (secondary N) is 1. The number of aliphatic hydroxyl groups is 5. The minimum atomic E-state index is -1.56. The van der Waals surface area contributed by atoms with Gasteiger partial charge < -0.3 is 40.3 Å². The first kappa shape index (κ1) is 59.7. The van der Waals surface area contributed by atoms with E-state index in [4.69, 9.17) is 9.47 Å². The molecule has 0 spiro atoms. The van der Waals surface area contributed by atoms with Gasteiger partial charge >= 0.3 is 0 Å². The van der Waals surface area contributed by atoms with Gasteiger partial charge in [-0.25, -0.2) is 0 Å². The van der Waals surface area contributed by atoms with Crippen molar-refractivity contribution >= 4 is 5.91 Å². The number of unbranched alkanes of at least 4 members (excludes halogenated alkanes) is 34. The number of hydrogen-bond donors (Lipinski definition) is 6. The maximum Gasteiger partial charge on any atom is 0.220 e. The van der Waals surface area contributed by atoms with E-state index in [0.29, 0.717) is 6.42 Å². The molecule has 1 aliphatic rings. The molecule has 63 heavy (non-hydrogen) atoms. The van der Waals surface area contributed by atoms with Crippen molar-refractivity contribution in [1.29, 1.82) is 0 Å². The molecular weight excluding hydrogens is 791 g/mol. The Hall–Kier alpha value is -1.33. The van der Waals surface area contributed by atoms with Gasteiger partial charge in [0.1, 0.15) is 24.4 Å². The van der Waals surface area contributed by atoms with Gasteiger partial charge in [0.05, 0.1) is 25.4 Å². The van der Waals surface area contributed by atoms with Crippen LogP contribution in [0.5, 0.6) is 0 Å². The van der Waals surface area contributed by atoms with Crippen molar-refractivity contribution in [1.82, 2.24) is 5.32 Å². The van der Waals surface area contributed by atoms with Crippen molar-refractivity contribution in [2.75, 3.05) is 13.2 Å². The van der Waals surface area contributed by atoms with Gasteiger partial charge in [-0.3, -0.25) is 4.79 Å². The molecule has 1 fully saturated rings.